The zero-order valence-corrected chi connectivity index (χ0v) is 15.0. The maximum absolute atomic E-state index is 12.4. The molecule has 0 aliphatic rings. The molecule has 0 saturated carbocycles. The molecule has 0 aliphatic carbocycles. The number of nitrogens with two attached hydrogens (primary N) is 1. The number of hydrogen-bond acceptors (Lipinski definition) is 4. The summed E-state index contributed by atoms with van der Waals surface area (Å²) >= 11 is 0. The molecule has 2 N–H and O–H groups in total. The van der Waals surface area contributed by atoms with Gasteiger partial charge in [0.25, 0.3) is 5.91 Å². The predicted octanol–water partition coefficient (Wildman–Crippen LogP) is 2.42. The number of benzene rings is 2. The fraction of sp³-hybridized carbons (Fsp3) is 0.143. The molecule has 0 unspecified atom stereocenters. The van der Waals surface area contributed by atoms with Gasteiger partial charge >= 0.3 is 0 Å². The van der Waals surface area contributed by atoms with Crippen molar-refractivity contribution in [3.63, 3.8) is 0 Å². The third kappa shape index (κ3) is 4.62. The lowest BCUT2D eigenvalue weighted by molar-refractivity contribution is 0.0783. The van der Waals surface area contributed by atoms with Gasteiger partial charge in [-0.15, -0.1) is 0 Å². The summed E-state index contributed by atoms with van der Waals surface area (Å²) in [5, 5.41) is 0.959. The average molecular weight is 363 g/mol. The number of ether oxygens (including phenoxy) is 1. The molecule has 0 saturated heterocycles. The monoisotopic (exact) mass is 363 g/mol. The van der Waals surface area contributed by atoms with E-state index in [9.17, 15) is 9.59 Å². The van der Waals surface area contributed by atoms with Crippen molar-refractivity contribution in [3.8, 4) is 5.75 Å². The number of amides is 1. The summed E-state index contributed by atoms with van der Waals surface area (Å²) in [6.07, 6.45) is 1.56. The highest BCUT2D eigenvalue weighted by Crippen LogP contribution is 2.13. The Morgan fingerprint density at radius 3 is 2.22 bits per heavy atom. The molecular formula is C21H21N3O3. The van der Waals surface area contributed by atoms with Crippen molar-refractivity contribution in [2.24, 2.45) is 5.84 Å². The Labute approximate surface area is 157 Å². The largest absolute Gasteiger partial charge is 0.483 e. The molecule has 6 nitrogen and oxygen atoms in total. The van der Waals surface area contributed by atoms with Gasteiger partial charge in [-0.3, -0.25) is 14.6 Å². The molecule has 3 aromatic rings. The number of nitrogens with zero attached hydrogens (tertiary/aromatic N) is 2. The molecule has 0 bridgehead atoms. The molecule has 1 heterocycles. The topological polar surface area (TPSA) is 77.6 Å². The maximum Gasteiger partial charge on any atom is 0.284 e. The molecule has 27 heavy (non-hydrogen) atoms. The minimum atomic E-state index is -0.447. The van der Waals surface area contributed by atoms with E-state index < -0.39 is 5.91 Å². The van der Waals surface area contributed by atoms with Crippen LogP contribution >= 0.6 is 0 Å². The standard InChI is InChI=1S/C21H21N3O3/c1-23(22)21(26)18-12-19(25)20(27-15-17-10-6-3-7-11-17)14-24(18)13-16-8-4-2-5-9-16/h2-12,14H,13,15,22H2,1H3. The lowest BCUT2D eigenvalue weighted by Gasteiger charge is -2.17. The van der Waals surface area contributed by atoms with Crippen LogP contribution in [0.25, 0.3) is 0 Å². The molecule has 1 aromatic heterocycles. The lowest BCUT2D eigenvalue weighted by Crippen LogP contribution is -2.36. The van der Waals surface area contributed by atoms with Crippen molar-refractivity contribution in [1.82, 2.24) is 9.58 Å². The second kappa shape index (κ2) is 8.33. The molecule has 0 spiro atoms. The Kier molecular flexibility index (Phi) is 5.68. The first-order valence-corrected chi connectivity index (χ1v) is 8.52. The van der Waals surface area contributed by atoms with E-state index in [2.05, 4.69) is 0 Å². The van der Waals surface area contributed by atoms with Crippen molar-refractivity contribution >= 4 is 5.91 Å². The first-order valence-electron chi connectivity index (χ1n) is 8.52. The number of hydrogen-bond donors (Lipinski definition) is 1. The number of carbonyl (C=O) groups is 1. The van der Waals surface area contributed by atoms with Gasteiger partial charge in [0.2, 0.25) is 5.43 Å². The van der Waals surface area contributed by atoms with Crippen LogP contribution in [0.5, 0.6) is 5.75 Å². The van der Waals surface area contributed by atoms with Crippen LogP contribution in [-0.4, -0.2) is 22.5 Å². The number of rotatable bonds is 6. The second-order valence-electron chi connectivity index (χ2n) is 6.19. The molecule has 6 heteroatoms. The maximum atomic E-state index is 12.4. The first kappa shape index (κ1) is 18.4. The summed E-state index contributed by atoms with van der Waals surface area (Å²) in [4.78, 5) is 24.8. The highest BCUT2D eigenvalue weighted by atomic mass is 16.5. The van der Waals surface area contributed by atoms with Crippen LogP contribution in [-0.2, 0) is 13.2 Å². The predicted molar refractivity (Wildman–Crippen MR) is 103 cm³/mol. The van der Waals surface area contributed by atoms with Crippen LogP contribution in [0.2, 0.25) is 0 Å². The van der Waals surface area contributed by atoms with Gasteiger partial charge in [-0.2, -0.15) is 0 Å². The fourth-order valence-electron chi connectivity index (χ4n) is 2.67. The minimum absolute atomic E-state index is 0.186. The van der Waals surface area contributed by atoms with Crippen LogP contribution in [0.3, 0.4) is 0 Å². The molecule has 138 valence electrons. The van der Waals surface area contributed by atoms with Gasteiger partial charge in [-0.25, -0.2) is 5.84 Å². The van der Waals surface area contributed by atoms with Crippen LogP contribution in [0.4, 0.5) is 0 Å². The Hall–Kier alpha value is -3.38. The molecule has 2 aromatic carbocycles. The van der Waals surface area contributed by atoms with Crippen molar-refractivity contribution < 1.29 is 9.53 Å². The number of carbonyl (C=O) groups excluding carboxylic acids is 1. The van der Waals surface area contributed by atoms with E-state index in [1.54, 1.807) is 10.8 Å². The van der Waals surface area contributed by atoms with Crippen LogP contribution in [0, 0.1) is 0 Å². The summed E-state index contributed by atoms with van der Waals surface area (Å²) < 4.78 is 7.39. The SMILES string of the molecule is CN(N)C(=O)c1cc(=O)c(OCc2ccccc2)cn1Cc1ccccc1. The molecular weight excluding hydrogens is 342 g/mol. The summed E-state index contributed by atoms with van der Waals surface area (Å²) in [5.41, 5.74) is 1.79. The molecule has 1 amide bonds. The van der Waals surface area contributed by atoms with E-state index in [4.69, 9.17) is 10.6 Å². The van der Waals surface area contributed by atoms with Gasteiger partial charge in [0, 0.05) is 19.7 Å². The van der Waals surface area contributed by atoms with Gasteiger partial charge in [0.1, 0.15) is 12.3 Å². The van der Waals surface area contributed by atoms with Gasteiger partial charge in [0.05, 0.1) is 6.20 Å². The number of hydrazine groups is 1. The van der Waals surface area contributed by atoms with Gasteiger partial charge in [-0.05, 0) is 11.1 Å². The van der Waals surface area contributed by atoms with Gasteiger partial charge in [0.15, 0.2) is 5.75 Å². The lowest BCUT2D eigenvalue weighted by atomic mass is 10.2. The van der Waals surface area contributed by atoms with E-state index >= 15 is 0 Å². The summed E-state index contributed by atoms with van der Waals surface area (Å²) in [6.45, 7) is 0.684. The third-order valence-electron chi connectivity index (χ3n) is 4.07. The van der Waals surface area contributed by atoms with Crippen molar-refractivity contribution in [2.45, 2.75) is 13.2 Å². The van der Waals surface area contributed by atoms with Gasteiger partial charge in [-0.1, -0.05) is 60.7 Å². The Morgan fingerprint density at radius 2 is 1.63 bits per heavy atom. The summed E-state index contributed by atoms with van der Waals surface area (Å²) in [7, 11) is 1.44. The molecule has 0 aliphatic heterocycles. The van der Waals surface area contributed by atoms with Crippen LogP contribution < -0.4 is 16.0 Å². The van der Waals surface area contributed by atoms with E-state index in [1.807, 2.05) is 60.7 Å². The molecule has 0 fully saturated rings. The van der Waals surface area contributed by atoms with E-state index in [1.165, 1.54) is 13.1 Å². The number of pyridine rings is 1. The van der Waals surface area contributed by atoms with Crippen molar-refractivity contribution in [3.05, 3.63) is 100.0 Å². The van der Waals surface area contributed by atoms with Crippen molar-refractivity contribution in [1.29, 1.82) is 0 Å². The number of aromatic nitrogens is 1. The van der Waals surface area contributed by atoms with Crippen LogP contribution in [0.15, 0.2) is 77.7 Å². The summed E-state index contributed by atoms with van der Waals surface area (Å²) in [6, 6.07) is 20.5. The highest BCUT2D eigenvalue weighted by molar-refractivity contribution is 5.92. The van der Waals surface area contributed by atoms with E-state index in [0.29, 0.717) is 6.54 Å². The quantitative estimate of drug-likeness (QED) is 0.414. The normalized spacial score (nSPS) is 10.4. The van der Waals surface area contributed by atoms with Gasteiger partial charge < -0.3 is 9.30 Å². The fourth-order valence-corrected chi connectivity index (χ4v) is 2.67. The summed E-state index contributed by atoms with van der Waals surface area (Å²) in [5.74, 6) is 5.33. The second-order valence-corrected chi connectivity index (χ2v) is 6.19. The minimum Gasteiger partial charge on any atom is -0.483 e. The Morgan fingerprint density at radius 1 is 1.04 bits per heavy atom. The van der Waals surface area contributed by atoms with Crippen LogP contribution in [0.1, 0.15) is 21.6 Å². The molecule has 0 radical (unpaired) electrons. The average Bonchev–Trinajstić information content (AvgIpc) is 2.69. The molecule has 0 atom stereocenters. The van der Waals surface area contributed by atoms with E-state index in [0.717, 1.165) is 16.1 Å². The van der Waals surface area contributed by atoms with E-state index in [-0.39, 0.29) is 23.5 Å². The smallest absolute Gasteiger partial charge is 0.284 e. The zero-order chi connectivity index (χ0) is 19.2. The molecule has 3 rings (SSSR count). The Balaban J connectivity index is 1.94. The first-order chi connectivity index (χ1) is 13.0. The Bertz CT molecular complexity index is 967. The highest BCUT2D eigenvalue weighted by Gasteiger charge is 2.17. The van der Waals surface area contributed by atoms with Crippen molar-refractivity contribution in [2.75, 3.05) is 7.05 Å². The zero-order valence-electron chi connectivity index (χ0n) is 15.0. The third-order valence-corrected chi connectivity index (χ3v) is 4.07.